The molecule has 0 aliphatic carbocycles. The van der Waals surface area contributed by atoms with Gasteiger partial charge in [-0.05, 0) is 31.0 Å². The maximum absolute atomic E-state index is 14.0. The van der Waals surface area contributed by atoms with Crippen molar-refractivity contribution in [3.05, 3.63) is 47.0 Å². The molecule has 0 amide bonds. The molecule has 0 spiro atoms. The molecule has 0 atom stereocenters. The number of aryl methyl sites for hydroxylation is 2. The van der Waals surface area contributed by atoms with Crippen LogP contribution < -0.4 is 5.73 Å². The maximum Gasteiger partial charge on any atom is 0.175 e. The number of oxime groups is 1. The van der Waals surface area contributed by atoms with E-state index in [0.717, 1.165) is 24.2 Å². The Labute approximate surface area is 116 Å². The number of halogens is 1. The molecule has 20 heavy (non-hydrogen) atoms. The van der Waals surface area contributed by atoms with Crippen LogP contribution in [0.25, 0.3) is 5.69 Å². The fourth-order valence-electron chi connectivity index (χ4n) is 2.10. The van der Waals surface area contributed by atoms with Crippen molar-refractivity contribution in [2.24, 2.45) is 10.9 Å². The van der Waals surface area contributed by atoms with E-state index in [1.165, 1.54) is 6.07 Å². The smallest absolute Gasteiger partial charge is 0.175 e. The second-order valence-corrected chi connectivity index (χ2v) is 4.37. The first-order valence-corrected chi connectivity index (χ1v) is 6.46. The summed E-state index contributed by atoms with van der Waals surface area (Å²) in [6.45, 7) is 4.00. The summed E-state index contributed by atoms with van der Waals surface area (Å²) in [6, 6.07) is 6.52. The highest BCUT2D eigenvalue weighted by Crippen LogP contribution is 2.20. The second kappa shape index (κ2) is 5.73. The molecule has 106 valence electrons. The van der Waals surface area contributed by atoms with E-state index in [-0.39, 0.29) is 11.4 Å². The molecule has 0 aliphatic heterocycles. The van der Waals surface area contributed by atoms with Crippen molar-refractivity contribution in [1.29, 1.82) is 0 Å². The van der Waals surface area contributed by atoms with Gasteiger partial charge in [-0.1, -0.05) is 25.1 Å². The molecule has 1 heterocycles. The highest BCUT2D eigenvalue weighted by Gasteiger charge is 2.17. The summed E-state index contributed by atoms with van der Waals surface area (Å²) >= 11 is 0. The zero-order chi connectivity index (χ0) is 14.7. The zero-order valence-corrected chi connectivity index (χ0v) is 11.5. The van der Waals surface area contributed by atoms with E-state index < -0.39 is 5.82 Å². The van der Waals surface area contributed by atoms with Crippen LogP contribution >= 0.6 is 0 Å². The fraction of sp³-hybridized carbons (Fsp3) is 0.286. The number of nitrogens with two attached hydrogens (primary N) is 1. The molecule has 2 aromatic rings. The quantitative estimate of drug-likeness (QED) is 0.389. The van der Waals surface area contributed by atoms with Gasteiger partial charge in [0.15, 0.2) is 5.84 Å². The van der Waals surface area contributed by atoms with Crippen molar-refractivity contribution in [2.75, 3.05) is 0 Å². The highest BCUT2D eigenvalue weighted by molar-refractivity contribution is 6.00. The fourth-order valence-corrected chi connectivity index (χ4v) is 2.10. The van der Waals surface area contributed by atoms with E-state index in [2.05, 4.69) is 10.3 Å². The first kappa shape index (κ1) is 14.0. The van der Waals surface area contributed by atoms with Gasteiger partial charge in [0.2, 0.25) is 0 Å². The van der Waals surface area contributed by atoms with Gasteiger partial charge in [-0.25, -0.2) is 9.07 Å². The van der Waals surface area contributed by atoms with Gasteiger partial charge in [-0.2, -0.15) is 5.10 Å². The minimum Gasteiger partial charge on any atom is -0.409 e. The predicted molar refractivity (Wildman–Crippen MR) is 74.8 cm³/mol. The molecular weight excluding hydrogens is 259 g/mol. The first-order valence-electron chi connectivity index (χ1n) is 6.46. The molecular formula is C14H17FN4O. The normalized spacial score (nSPS) is 11.8. The molecule has 6 heteroatoms. The Hall–Kier alpha value is -2.37. The van der Waals surface area contributed by atoms with Crippen LogP contribution in [0.4, 0.5) is 4.39 Å². The van der Waals surface area contributed by atoms with Crippen molar-refractivity contribution < 1.29 is 9.60 Å². The summed E-state index contributed by atoms with van der Waals surface area (Å²) in [4.78, 5) is 0. The zero-order valence-electron chi connectivity index (χ0n) is 11.5. The van der Waals surface area contributed by atoms with Crippen molar-refractivity contribution >= 4 is 5.84 Å². The third kappa shape index (κ3) is 2.36. The first-order chi connectivity index (χ1) is 9.62. The van der Waals surface area contributed by atoms with Crippen LogP contribution in [0.15, 0.2) is 29.4 Å². The van der Waals surface area contributed by atoms with E-state index in [1.807, 2.05) is 19.9 Å². The molecule has 0 aliphatic rings. The summed E-state index contributed by atoms with van der Waals surface area (Å²) in [5, 5.41) is 16.2. The molecule has 0 saturated heterocycles. The number of amidine groups is 1. The van der Waals surface area contributed by atoms with Gasteiger partial charge in [-0.15, -0.1) is 0 Å². The lowest BCUT2D eigenvalue weighted by atomic mass is 10.1. The van der Waals surface area contributed by atoms with Crippen LogP contribution in [-0.4, -0.2) is 20.8 Å². The van der Waals surface area contributed by atoms with E-state index in [0.29, 0.717) is 5.69 Å². The van der Waals surface area contributed by atoms with Gasteiger partial charge >= 0.3 is 0 Å². The van der Waals surface area contributed by atoms with Crippen molar-refractivity contribution in [3.63, 3.8) is 0 Å². The summed E-state index contributed by atoms with van der Waals surface area (Å²) in [6.07, 6.45) is 1.54. The van der Waals surface area contributed by atoms with Crippen LogP contribution in [0.2, 0.25) is 0 Å². The summed E-state index contributed by atoms with van der Waals surface area (Å²) in [5.74, 6) is -0.817. The molecule has 0 unspecified atom stereocenters. The van der Waals surface area contributed by atoms with Gasteiger partial charge in [0, 0.05) is 5.69 Å². The minimum absolute atomic E-state index is 0.0513. The summed E-state index contributed by atoms with van der Waals surface area (Å²) < 4.78 is 15.6. The van der Waals surface area contributed by atoms with Crippen LogP contribution in [0.3, 0.4) is 0 Å². The predicted octanol–water partition coefficient (Wildman–Crippen LogP) is 2.23. The monoisotopic (exact) mass is 276 g/mol. The standard InChI is InChI=1S/C14H17FN4O/c1-3-9-8-10(4-2)19(17-9)12-7-5-6-11(15)13(12)14(16)18-20/h5-8,20H,3-4H2,1-2H3,(H2,16,18). The third-order valence-corrected chi connectivity index (χ3v) is 3.14. The topological polar surface area (TPSA) is 76.4 Å². The molecule has 0 radical (unpaired) electrons. The molecule has 0 saturated carbocycles. The number of hydrogen-bond donors (Lipinski definition) is 2. The number of benzene rings is 1. The van der Waals surface area contributed by atoms with E-state index >= 15 is 0 Å². The Bertz CT molecular complexity index is 649. The molecule has 1 aromatic heterocycles. The average molecular weight is 276 g/mol. The number of rotatable bonds is 4. The van der Waals surface area contributed by atoms with Crippen molar-refractivity contribution in [1.82, 2.24) is 9.78 Å². The van der Waals surface area contributed by atoms with E-state index in [4.69, 9.17) is 10.9 Å². The SMILES string of the molecule is CCc1cc(CC)n(-c2cccc(F)c2/C(N)=N/O)n1. The van der Waals surface area contributed by atoms with Crippen molar-refractivity contribution in [3.8, 4) is 5.69 Å². The van der Waals surface area contributed by atoms with Gasteiger partial charge in [0.25, 0.3) is 0 Å². The Morgan fingerprint density at radius 3 is 2.75 bits per heavy atom. The van der Waals surface area contributed by atoms with Gasteiger partial charge in [-0.3, -0.25) is 0 Å². The Kier molecular flexibility index (Phi) is 4.02. The highest BCUT2D eigenvalue weighted by atomic mass is 19.1. The molecule has 1 aromatic carbocycles. The molecule has 0 bridgehead atoms. The summed E-state index contributed by atoms with van der Waals surface area (Å²) in [7, 11) is 0. The van der Waals surface area contributed by atoms with Crippen LogP contribution in [0.1, 0.15) is 30.8 Å². The number of hydrogen-bond acceptors (Lipinski definition) is 3. The number of aromatic nitrogens is 2. The average Bonchev–Trinajstić information content (AvgIpc) is 2.89. The maximum atomic E-state index is 14.0. The van der Waals surface area contributed by atoms with Crippen LogP contribution in [-0.2, 0) is 12.8 Å². The third-order valence-electron chi connectivity index (χ3n) is 3.14. The lowest BCUT2D eigenvalue weighted by molar-refractivity contribution is 0.318. The largest absolute Gasteiger partial charge is 0.409 e. The van der Waals surface area contributed by atoms with Gasteiger partial charge < -0.3 is 10.9 Å². The lowest BCUT2D eigenvalue weighted by Gasteiger charge is -2.11. The Morgan fingerprint density at radius 2 is 2.15 bits per heavy atom. The van der Waals surface area contributed by atoms with Crippen molar-refractivity contribution in [2.45, 2.75) is 26.7 Å². The lowest BCUT2D eigenvalue weighted by Crippen LogP contribution is -2.19. The molecule has 3 N–H and O–H groups in total. The second-order valence-electron chi connectivity index (χ2n) is 4.37. The van der Waals surface area contributed by atoms with Gasteiger partial charge in [0.1, 0.15) is 5.82 Å². The van der Waals surface area contributed by atoms with Gasteiger partial charge in [0.05, 0.1) is 16.9 Å². The summed E-state index contributed by atoms with van der Waals surface area (Å²) in [5.41, 5.74) is 7.96. The molecule has 5 nitrogen and oxygen atoms in total. The number of nitrogens with zero attached hydrogens (tertiary/aromatic N) is 3. The van der Waals surface area contributed by atoms with E-state index in [1.54, 1.807) is 16.8 Å². The molecule has 0 fully saturated rings. The van der Waals surface area contributed by atoms with Crippen LogP contribution in [0, 0.1) is 5.82 Å². The molecule has 2 rings (SSSR count). The Morgan fingerprint density at radius 1 is 1.40 bits per heavy atom. The van der Waals surface area contributed by atoms with Crippen LogP contribution in [0.5, 0.6) is 0 Å². The minimum atomic E-state index is -0.548. The van der Waals surface area contributed by atoms with E-state index in [9.17, 15) is 4.39 Å². The Balaban J connectivity index is 2.69.